The third-order valence-corrected chi connectivity index (χ3v) is 4.26. The number of hydrogen-bond donors (Lipinski definition) is 1. The molecule has 1 saturated carbocycles. The molecule has 0 unspecified atom stereocenters. The van der Waals surface area contributed by atoms with E-state index in [1.165, 1.54) is 0 Å². The molecule has 0 atom stereocenters. The van der Waals surface area contributed by atoms with Crippen LogP contribution in [0.5, 0.6) is 0 Å². The van der Waals surface area contributed by atoms with Gasteiger partial charge in [0.2, 0.25) is 0 Å². The maximum absolute atomic E-state index is 12.0. The van der Waals surface area contributed by atoms with Gasteiger partial charge >= 0.3 is 0 Å². The summed E-state index contributed by atoms with van der Waals surface area (Å²) < 4.78 is 5.23. The van der Waals surface area contributed by atoms with Crippen molar-refractivity contribution < 1.29 is 24.2 Å². The zero-order chi connectivity index (χ0) is 14.0. The molecule has 1 aliphatic carbocycles. The van der Waals surface area contributed by atoms with E-state index in [1.807, 2.05) is 0 Å². The largest absolute Gasteiger partial charge is 0.389 e. The summed E-state index contributed by atoms with van der Waals surface area (Å²) in [5, 5.41) is 10.6. The van der Waals surface area contributed by atoms with E-state index in [4.69, 9.17) is 4.74 Å². The zero-order valence-corrected chi connectivity index (χ0v) is 11.2. The Labute approximate surface area is 112 Å². The summed E-state index contributed by atoms with van der Waals surface area (Å²) in [5.41, 5.74) is -1.28. The Kier molecular flexibility index (Phi) is 4.16. The van der Waals surface area contributed by atoms with Crippen LogP contribution in [0.3, 0.4) is 0 Å². The Morgan fingerprint density at radius 3 is 2.26 bits per heavy atom. The molecule has 0 spiro atoms. The molecule has 0 aromatic heterocycles. The Morgan fingerprint density at radius 2 is 1.79 bits per heavy atom. The van der Waals surface area contributed by atoms with Gasteiger partial charge in [-0.1, -0.05) is 6.92 Å². The van der Waals surface area contributed by atoms with Gasteiger partial charge in [-0.25, -0.2) is 0 Å². The fourth-order valence-electron chi connectivity index (χ4n) is 3.14. The minimum Gasteiger partial charge on any atom is -0.389 e. The van der Waals surface area contributed by atoms with Crippen LogP contribution in [0.4, 0.5) is 0 Å². The highest BCUT2D eigenvalue weighted by Gasteiger charge is 2.50. The molecule has 1 heterocycles. The van der Waals surface area contributed by atoms with Crippen LogP contribution in [0.1, 0.15) is 39.0 Å². The lowest BCUT2D eigenvalue weighted by atomic mass is 9.67. The number of carbonyl (C=O) groups is 3. The van der Waals surface area contributed by atoms with Gasteiger partial charge in [0, 0.05) is 32.5 Å². The number of aliphatic hydroxyl groups is 1. The lowest BCUT2D eigenvalue weighted by molar-refractivity contribution is -0.156. The first-order chi connectivity index (χ1) is 8.98. The van der Waals surface area contributed by atoms with Gasteiger partial charge in [0.15, 0.2) is 17.3 Å². The normalized spacial score (nSPS) is 33.5. The van der Waals surface area contributed by atoms with E-state index in [0.29, 0.717) is 26.1 Å². The van der Waals surface area contributed by atoms with Gasteiger partial charge in [-0.3, -0.25) is 14.4 Å². The molecule has 2 aliphatic rings. The molecule has 1 saturated heterocycles. The third kappa shape index (κ3) is 2.77. The van der Waals surface area contributed by atoms with Crippen LogP contribution < -0.4 is 0 Å². The van der Waals surface area contributed by atoms with Crippen molar-refractivity contribution in [3.8, 4) is 0 Å². The Bertz CT molecular complexity index is 377. The Morgan fingerprint density at radius 1 is 1.26 bits per heavy atom. The molecule has 5 heteroatoms. The first kappa shape index (κ1) is 14.3. The number of rotatable bonds is 3. The molecular formula is C14H20O5. The number of ketones is 3. The second-order valence-electron chi connectivity index (χ2n) is 5.53. The predicted octanol–water partition coefficient (Wildman–Crippen LogP) is 0.671. The molecule has 5 nitrogen and oxygen atoms in total. The zero-order valence-electron chi connectivity index (χ0n) is 11.2. The number of hydrogen-bond acceptors (Lipinski definition) is 5. The van der Waals surface area contributed by atoms with E-state index < -0.39 is 23.1 Å². The highest BCUT2D eigenvalue weighted by Crippen LogP contribution is 2.38. The SMILES string of the molecule is CCC(=O)C1C(=O)CC(O)(C2CCOCC2)CC1=O. The van der Waals surface area contributed by atoms with Gasteiger partial charge in [0.05, 0.1) is 5.60 Å². The van der Waals surface area contributed by atoms with Crippen LogP contribution in [0.25, 0.3) is 0 Å². The number of ether oxygens (including phenoxy) is 1. The molecule has 0 aromatic rings. The van der Waals surface area contributed by atoms with Crippen LogP contribution in [-0.2, 0) is 19.1 Å². The average Bonchev–Trinajstić information content (AvgIpc) is 2.38. The van der Waals surface area contributed by atoms with Gasteiger partial charge < -0.3 is 9.84 Å². The summed E-state index contributed by atoms with van der Waals surface area (Å²) >= 11 is 0. The Balaban J connectivity index is 2.13. The fourth-order valence-corrected chi connectivity index (χ4v) is 3.14. The maximum atomic E-state index is 12.0. The van der Waals surface area contributed by atoms with Gasteiger partial charge in [-0.15, -0.1) is 0 Å². The summed E-state index contributed by atoms with van der Waals surface area (Å²) in [7, 11) is 0. The lowest BCUT2D eigenvalue weighted by Gasteiger charge is -2.41. The van der Waals surface area contributed by atoms with Crippen molar-refractivity contribution in [2.45, 2.75) is 44.6 Å². The first-order valence-electron chi connectivity index (χ1n) is 6.86. The molecule has 1 aliphatic heterocycles. The van der Waals surface area contributed by atoms with Gasteiger partial charge in [0.1, 0.15) is 5.92 Å². The van der Waals surface area contributed by atoms with E-state index in [9.17, 15) is 19.5 Å². The van der Waals surface area contributed by atoms with E-state index in [2.05, 4.69) is 0 Å². The minimum absolute atomic E-state index is 0.0835. The van der Waals surface area contributed by atoms with Crippen molar-refractivity contribution in [1.29, 1.82) is 0 Å². The molecule has 1 N–H and O–H groups in total. The van der Waals surface area contributed by atoms with Crippen molar-refractivity contribution in [2.24, 2.45) is 11.8 Å². The summed E-state index contributed by atoms with van der Waals surface area (Å²) in [6.07, 6.45) is 1.32. The first-order valence-corrected chi connectivity index (χ1v) is 6.86. The molecule has 2 fully saturated rings. The lowest BCUT2D eigenvalue weighted by Crippen LogP contribution is -2.52. The quantitative estimate of drug-likeness (QED) is 0.761. The monoisotopic (exact) mass is 268 g/mol. The van der Waals surface area contributed by atoms with E-state index in [0.717, 1.165) is 0 Å². The van der Waals surface area contributed by atoms with Crippen LogP contribution >= 0.6 is 0 Å². The van der Waals surface area contributed by atoms with Crippen molar-refractivity contribution in [2.75, 3.05) is 13.2 Å². The van der Waals surface area contributed by atoms with E-state index in [1.54, 1.807) is 6.92 Å². The van der Waals surface area contributed by atoms with Crippen molar-refractivity contribution >= 4 is 17.3 Å². The molecule has 0 amide bonds. The summed E-state index contributed by atoms with van der Waals surface area (Å²) in [6, 6.07) is 0. The van der Waals surface area contributed by atoms with E-state index in [-0.39, 0.29) is 31.0 Å². The van der Waals surface area contributed by atoms with Crippen molar-refractivity contribution in [3.63, 3.8) is 0 Å². The van der Waals surface area contributed by atoms with Gasteiger partial charge in [0.25, 0.3) is 0 Å². The molecule has 0 radical (unpaired) electrons. The highest BCUT2D eigenvalue weighted by atomic mass is 16.5. The molecule has 0 bridgehead atoms. The number of carbonyl (C=O) groups excluding carboxylic acids is 3. The number of Topliss-reactive ketones (excluding diaryl/α,β-unsaturated/α-hetero) is 3. The second kappa shape index (κ2) is 5.51. The van der Waals surface area contributed by atoms with Crippen molar-refractivity contribution in [1.82, 2.24) is 0 Å². The van der Waals surface area contributed by atoms with Crippen LogP contribution in [0.15, 0.2) is 0 Å². The van der Waals surface area contributed by atoms with Gasteiger partial charge in [-0.05, 0) is 18.8 Å². The molecule has 2 rings (SSSR count). The standard InChI is InChI=1S/C14H20O5/c1-2-10(15)13-11(16)7-14(18,8-12(13)17)9-3-5-19-6-4-9/h9,13,18H,2-8H2,1H3. The predicted molar refractivity (Wildman–Crippen MR) is 66.5 cm³/mol. The molecule has 106 valence electrons. The molecule has 19 heavy (non-hydrogen) atoms. The Hall–Kier alpha value is -1.07. The average molecular weight is 268 g/mol. The van der Waals surface area contributed by atoms with E-state index >= 15 is 0 Å². The molecular weight excluding hydrogens is 248 g/mol. The maximum Gasteiger partial charge on any atom is 0.153 e. The summed E-state index contributed by atoms with van der Waals surface area (Å²) in [5.74, 6) is -2.39. The van der Waals surface area contributed by atoms with Crippen LogP contribution in [-0.4, -0.2) is 41.3 Å². The summed E-state index contributed by atoms with van der Waals surface area (Å²) in [4.78, 5) is 35.7. The third-order valence-electron chi connectivity index (χ3n) is 4.26. The smallest absolute Gasteiger partial charge is 0.153 e. The highest BCUT2D eigenvalue weighted by molar-refractivity contribution is 6.21. The van der Waals surface area contributed by atoms with Crippen LogP contribution in [0.2, 0.25) is 0 Å². The van der Waals surface area contributed by atoms with Crippen LogP contribution in [0, 0.1) is 11.8 Å². The topological polar surface area (TPSA) is 80.7 Å². The van der Waals surface area contributed by atoms with Gasteiger partial charge in [-0.2, -0.15) is 0 Å². The summed E-state index contributed by atoms with van der Waals surface area (Å²) in [6.45, 7) is 2.74. The second-order valence-corrected chi connectivity index (χ2v) is 5.53. The molecule has 0 aromatic carbocycles. The fraction of sp³-hybridized carbons (Fsp3) is 0.786. The minimum atomic E-state index is -1.28. The van der Waals surface area contributed by atoms with Crippen molar-refractivity contribution in [3.05, 3.63) is 0 Å².